The number of likely N-dealkylation sites (N-methyl/N-ethyl adjacent to an activating group) is 2. The van der Waals surface area contributed by atoms with Crippen LogP contribution < -0.4 is 5.73 Å². The van der Waals surface area contributed by atoms with Gasteiger partial charge in [-0.2, -0.15) is 0 Å². The number of nitrogens with two attached hydrogens (primary N) is 1. The number of hydrogen-bond donors (Lipinski definition) is 1. The fourth-order valence-corrected chi connectivity index (χ4v) is 2.79. The van der Waals surface area contributed by atoms with E-state index in [0.29, 0.717) is 12.5 Å². The van der Waals surface area contributed by atoms with Gasteiger partial charge < -0.3 is 10.6 Å². The molecule has 4 heteroatoms. The molecule has 2 atom stereocenters. The van der Waals surface area contributed by atoms with Crippen molar-refractivity contribution in [1.82, 2.24) is 9.80 Å². The summed E-state index contributed by atoms with van der Waals surface area (Å²) in [5.41, 5.74) is 5.93. The maximum absolute atomic E-state index is 12.0. The SMILES string of the molecule is CCCC(N)CC(=O)N(C)CC1CCCN1CC. The summed E-state index contributed by atoms with van der Waals surface area (Å²) in [6.07, 6.45) is 4.94. The quantitative estimate of drug-likeness (QED) is 0.749. The third kappa shape index (κ3) is 4.58. The van der Waals surface area contributed by atoms with E-state index in [9.17, 15) is 4.79 Å². The van der Waals surface area contributed by atoms with Crippen LogP contribution in [0.5, 0.6) is 0 Å². The molecule has 18 heavy (non-hydrogen) atoms. The molecule has 1 aliphatic rings. The predicted molar refractivity (Wildman–Crippen MR) is 75.4 cm³/mol. The zero-order chi connectivity index (χ0) is 13.5. The van der Waals surface area contributed by atoms with Crippen molar-refractivity contribution in [1.29, 1.82) is 0 Å². The summed E-state index contributed by atoms with van der Waals surface area (Å²) in [6, 6.07) is 0.571. The Morgan fingerprint density at radius 2 is 2.22 bits per heavy atom. The van der Waals surface area contributed by atoms with Gasteiger partial charge in [0.2, 0.25) is 5.91 Å². The summed E-state index contributed by atoms with van der Waals surface area (Å²) >= 11 is 0. The molecule has 0 saturated carbocycles. The summed E-state index contributed by atoms with van der Waals surface area (Å²) in [5.74, 6) is 0.193. The van der Waals surface area contributed by atoms with Crippen LogP contribution >= 0.6 is 0 Å². The first-order valence-electron chi connectivity index (χ1n) is 7.32. The molecule has 2 N–H and O–H groups in total. The van der Waals surface area contributed by atoms with Crippen molar-refractivity contribution in [3.05, 3.63) is 0 Å². The lowest BCUT2D eigenvalue weighted by Crippen LogP contribution is -2.42. The highest BCUT2D eigenvalue weighted by molar-refractivity contribution is 5.76. The monoisotopic (exact) mass is 255 g/mol. The molecule has 1 heterocycles. The highest BCUT2D eigenvalue weighted by Crippen LogP contribution is 2.17. The topological polar surface area (TPSA) is 49.6 Å². The van der Waals surface area contributed by atoms with E-state index in [4.69, 9.17) is 5.73 Å². The Hall–Kier alpha value is -0.610. The van der Waals surface area contributed by atoms with Crippen LogP contribution in [0.25, 0.3) is 0 Å². The molecule has 1 amide bonds. The second-order valence-electron chi connectivity index (χ2n) is 5.45. The van der Waals surface area contributed by atoms with E-state index >= 15 is 0 Å². The molecule has 4 nitrogen and oxygen atoms in total. The van der Waals surface area contributed by atoms with Crippen LogP contribution in [0.2, 0.25) is 0 Å². The van der Waals surface area contributed by atoms with Gasteiger partial charge in [0.25, 0.3) is 0 Å². The third-order valence-electron chi connectivity index (χ3n) is 3.91. The maximum Gasteiger partial charge on any atom is 0.223 e. The number of rotatable bonds is 7. The van der Waals surface area contributed by atoms with Crippen LogP contribution in [-0.2, 0) is 4.79 Å². The minimum Gasteiger partial charge on any atom is -0.344 e. The van der Waals surface area contributed by atoms with E-state index in [1.54, 1.807) is 0 Å². The van der Waals surface area contributed by atoms with Gasteiger partial charge in [-0.05, 0) is 32.4 Å². The van der Waals surface area contributed by atoms with Crippen molar-refractivity contribution in [3.63, 3.8) is 0 Å². The first-order chi connectivity index (χ1) is 8.58. The molecule has 106 valence electrons. The van der Waals surface area contributed by atoms with E-state index in [1.165, 1.54) is 19.4 Å². The average Bonchev–Trinajstić information content (AvgIpc) is 2.76. The van der Waals surface area contributed by atoms with Crippen molar-refractivity contribution in [2.45, 2.75) is 58.0 Å². The van der Waals surface area contributed by atoms with E-state index in [1.807, 2.05) is 11.9 Å². The molecule has 0 aliphatic carbocycles. The molecule has 1 fully saturated rings. The van der Waals surface area contributed by atoms with Crippen molar-refractivity contribution < 1.29 is 4.79 Å². The fourth-order valence-electron chi connectivity index (χ4n) is 2.79. The molecule has 1 rings (SSSR count). The highest BCUT2D eigenvalue weighted by atomic mass is 16.2. The molecule has 0 spiro atoms. The number of amides is 1. The molecule has 0 aromatic heterocycles. The second-order valence-corrected chi connectivity index (χ2v) is 5.45. The fraction of sp³-hybridized carbons (Fsp3) is 0.929. The first kappa shape index (κ1) is 15.4. The van der Waals surface area contributed by atoms with Crippen molar-refractivity contribution in [2.24, 2.45) is 5.73 Å². The largest absolute Gasteiger partial charge is 0.344 e. The molecule has 1 aliphatic heterocycles. The standard InChI is InChI=1S/C14H29N3O/c1-4-7-12(15)10-14(18)16(3)11-13-8-6-9-17(13)5-2/h12-13H,4-11,15H2,1-3H3. The van der Waals surface area contributed by atoms with E-state index in [2.05, 4.69) is 18.7 Å². The van der Waals surface area contributed by atoms with E-state index in [0.717, 1.165) is 25.9 Å². The van der Waals surface area contributed by atoms with Crippen LogP contribution in [0.15, 0.2) is 0 Å². The summed E-state index contributed by atoms with van der Waals surface area (Å²) in [5, 5.41) is 0. The van der Waals surface area contributed by atoms with Crippen molar-refractivity contribution >= 4 is 5.91 Å². The number of likely N-dealkylation sites (tertiary alicyclic amines) is 1. The zero-order valence-corrected chi connectivity index (χ0v) is 12.2. The number of hydrogen-bond acceptors (Lipinski definition) is 3. The van der Waals surface area contributed by atoms with E-state index in [-0.39, 0.29) is 11.9 Å². The highest BCUT2D eigenvalue weighted by Gasteiger charge is 2.25. The molecule has 0 aromatic rings. The summed E-state index contributed by atoms with van der Waals surface area (Å²) in [7, 11) is 1.91. The Morgan fingerprint density at radius 3 is 2.83 bits per heavy atom. The van der Waals surface area contributed by atoms with Gasteiger partial charge in [0.1, 0.15) is 0 Å². The van der Waals surface area contributed by atoms with Crippen LogP contribution in [0.3, 0.4) is 0 Å². The molecule has 0 radical (unpaired) electrons. The Kier molecular flexibility index (Phi) is 6.65. The lowest BCUT2D eigenvalue weighted by Gasteiger charge is -2.28. The van der Waals surface area contributed by atoms with Crippen LogP contribution in [0.1, 0.15) is 46.0 Å². The number of carbonyl (C=O) groups is 1. The third-order valence-corrected chi connectivity index (χ3v) is 3.91. The molecule has 1 saturated heterocycles. The predicted octanol–water partition coefficient (Wildman–Crippen LogP) is 1.45. The Balaban J connectivity index is 2.35. The molecule has 0 aromatic carbocycles. The minimum absolute atomic E-state index is 0.0239. The number of nitrogens with zero attached hydrogens (tertiary/aromatic N) is 2. The lowest BCUT2D eigenvalue weighted by atomic mass is 10.1. The van der Waals surface area contributed by atoms with Crippen LogP contribution in [0.4, 0.5) is 0 Å². The Bertz CT molecular complexity index is 257. The maximum atomic E-state index is 12.0. The Labute approximate surface area is 111 Å². The minimum atomic E-state index is 0.0239. The van der Waals surface area contributed by atoms with Gasteiger partial charge in [0.05, 0.1) is 0 Å². The second kappa shape index (κ2) is 7.74. The first-order valence-corrected chi connectivity index (χ1v) is 7.32. The Morgan fingerprint density at radius 1 is 1.50 bits per heavy atom. The van der Waals surface area contributed by atoms with Gasteiger partial charge in [-0.15, -0.1) is 0 Å². The van der Waals surface area contributed by atoms with Crippen molar-refractivity contribution in [2.75, 3.05) is 26.7 Å². The average molecular weight is 255 g/mol. The smallest absolute Gasteiger partial charge is 0.223 e. The van der Waals surface area contributed by atoms with Crippen LogP contribution in [0, 0.1) is 0 Å². The van der Waals surface area contributed by atoms with Gasteiger partial charge in [-0.1, -0.05) is 20.3 Å². The molecular formula is C14H29N3O. The molecular weight excluding hydrogens is 226 g/mol. The molecule has 0 bridgehead atoms. The summed E-state index contributed by atoms with van der Waals surface area (Å²) in [4.78, 5) is 16.4. The molecule has 2 unspecified atom stereocenters. The van der Waals surface area contributed by atoms with Gasteiger partial charge in [0, 0.05) is 32.1 Å². The normalized spacial score (nSPS) is 22.1. The van der Waals surface area contributed by atoms with Crippen molar-refractivity contribution in [3.8, 4) is 0 Å². The van der Waals surface area contributed by atoms with E-state index < -0.39 is 0 Å². The lowest BCUT2D eigenvalue weighted by molar-refractivity contribution is -0.130. The van der Waals surface area contributed by atoms with Gasteiger partial charge in [0.15, 0.2) is 0 Å². The van der Waals surface area contributed by atoms with Gasteiger partial charge in [-0.3, -0.25) is 9.69 Å². The van der Waals surface area contributed by atoms with Gasteiger partial charge in [-0.25, -0.2) is 0 Å². The number of carbonyl (C=O) groups excluding carboxylic acids is 1. The van der Waals surface area contributed by atoms with Gasteiger partial charge >= 0.3 is 0 Å². The summed E-state index contributed by atoms with van der Waals surface area (Å²) in [6.45, 7) is 7.41. The van der Waals surface area contributed by atoms with Crippen LogP contribution in [-0.4, -0.2) is 54.5 Å². The summed E-state index contributed by atoms with van der Waals surface area (Å²) < 4.78 is 0. The zero-order valence-electron chi connectivity index (χ0n) is 12.2.